The van der Waals surface area contributed by atoms with Gasteiger partial charge in [-0.15, -0.1) is 0 Å². The molecule has 1 fully saturated rings. The normalized spacial score (nSPS) is 24.9. The van der Waals surface area contributed by atoms with Crippen molar-refractivity contribution in [2.75, 3.05) is 6.61 Å². The highest BCUT2D eigenvalue weighted by atomic mass is 31.2. The number of carbonyl (C=O) groups is 1. The number of hydrogen-bond donors (Lipinski definition) is 4. The summed E-state index contributed by atoms with van der Waals surface area (Å²) in [6.45, 7) is 2.14. The van der Waals surface area contributed by atoms with Crippen molar-refractivity contribution in [1.82, 2.24) is 14.6 Å². The third kappa shape index (κ3) is 5.29. The van der Waals surface area contributed by atoms with E-state index in [0.29, 0.717) is 0 Å². The van der Waals surface area contributed by atoms with Gasteiger partial charge in [0.2, 0.25) is 0 Å². The molecule has 0 radical (unpaired) electrons. The highest BCUT2D eigenvalue weighted by molar-refractivity contribution is 7.50. The van der Waals surface area contributed by atoms with Crippen molar-refractivity contribution in [3.8, 4) is 0 Å². The van der Waals surface area contributed by atoms with Crippen LogP contribution in [0.1, 0.15) is 25.1 Å². The number of aliphatic carboxylic acids is 1. The average molecular weight is 418 g/mol. The lowest BCUT2D eigenvalue weighted by molar-refractivity contribution is -0.138. The number of aryl methyl sites for hydroxylation is 1. The maximum Gasteiger partial charge on any atom is 0.403 e. The van der Waals surface area contributed by atoms with E-state index in [-0.39, 0.29) is 12.0 Å². The SMILES string of the molecule is Cc1cn(C2CC(N=[N+]=[N-])C(COP(=O)(O)NC(C)C(=O)O)O2)c(=O)[nH]c1=O. The van der Waals surface area contributed by atoms with E-state index in [9.17, 15) is 23.8 Å². The van der Waals surface area contributed by atoms with E-state index >= 15 is 0 Å². The number of nitrogens with zero attached hydrogens (tertiary/aromatic N) is 4. The van der Waals surface area contributed by atoms with Crippen molar-refractivity contribution < 1.29 is 28.6 Å². The van der Waals surface area contributed by atoms with E-state index in [4.69, 9.17) is 19.9 Å². The molecule has 1 aromatic heterocycles. The second kappa shape index (κ2) is 8.69. The van der Waals surface area contributed by atoms with E-state index in [1.807, 2.05) is 5.09 Å². The van der Waals surface area contributed by atoms with Crippen molar-refractivity contribution in [1.29, 1.82) is 0 Å². The first-order valence-electron chi connectivity index (χ1n) is 8.03. The zero-order valence-corrected chi connectivity index (χ0v) is 15.8. The molecule has 4 N–H and O–H groups in total. The fourth-order valence-electron chi connectivity index (χ4n) is 2.54. The predicted octanol–water partition coefficient (Wildman–Crippen LogP) is -0.00888. The Morgan fingerprint density at radius 1 is 1.64 bits per heavy atom. The minimum atomic E-state index is -4.48. The maximum absolute atomic E-state index is 12.0. The lowest BCUT2D eigenvalue weighted by Gasteiger charge is -2.20. The molecule has 1 aliphatic heterocycles. The van der Waals surface area contributed by atoms with E-state index in [0.717, 1.165) is 11.5 Å². The topological polar surface area (TPSA) is 209 Å². The molecule has 14 nitrogen and oxygen atoms in total. The van der Waals surface area contributed by atoms with Crippen molar-refractivity contribution in [3.63, 3.8) is 0 Å². The Morgan fingerprint density at radius 2 is 2.32 bits per heavy atom. The standard InChI is InChI=1S/C13H19N6O8P/c1-6-4-19(13(23)15-11(6)20)10-3-8(16-18-14)9(27-10)5-26-28(24,25)17-7(2)12(21)22/h4,7-10H,3,5H2,1-2H3,(H,21,22)(H,15,20,23)(H2,17,24,25). The minimum Gasteiger partial charge on any atom is -0.480 e. The van der Waals surface area contributed by atoms with E-state index < -0.39 is 56.0 Å². The first-order chi connectivity index (χ1) is 13.0. The lowest BCUT2D eigenvalue weighted by atomic mass is 10.1. The number of ether oxygens (including phenoxy) is 1. The summed E-state index contributed by atoms with van der Waals surface area (Å²) in [6.07, 6.45) is -0.550. The summed E-state index contributed by atoms with van der Waals surface area (Å²) >= 11 is 0. The molecule has 0 aromatic carbocycles. The summed E-state index contributed by atoms with van der Waals surface area (Å²) < 4.78 is 23.5. The summed E-state index contributed by atoms with van der Waals surface area (Å²) in [5, 5.41) is 14.2. The molecule has 154 valence electrons. The third-order valence-corrected chi connectivity index (χ3v) is 5.21. The maximum atomic E-state index is 12.0. The van der Waals surface area contributed by atoms with Gasteiger partial charge in [0.15, 0.2) is 0 Å². The fourth-order valence-corrected chi connectivity index (χ4v) is 3.56. The molecule has 0 aliphatic carbocycles. The van der Waals surface area contributed by atoms with Crippen LogP contribution in [0.2, 0.25) is 0 Å². The number of azide groups is 1. The monoisotopic (exact) mass is 418 g/mol. The van der Waals surface area contributed by atoms with Crippen LogP contribution in [0.25, 0.3) is 10.4 Å². The van der Waals surface area contributed by atoms with Crippen molar-refractivity contribution in [2.45, 2.75) is 44.7 Å². The molecule has 28 heavy (non-hydrogen) atoms. The molecule has 5 unspecified atom stereocenters. The minimum absolute atomic E-state index is 0.0537. The molecule has 5 atom stereocenters. The average Bonchev–Trinajstić information content (AvgIpc) is 2.99. The third-order valence-electron chi connectivity index (χ3n) is 4.00. The molecule has 2 rings (SSSR count). The summed E-state index contributed by atoms with van der Waals surface area (Å²) in [5.74, 6) is -1.35. The molecule has 2 heterocycles. The molecule has 0 spiro atoms. The van der Waals surface area contributed by atoms with Gasteiger partial charge < -0.3 is 14.7 Å². The Balaban J connectivity index is 2.14. The number of carboxylic acid groups (broad SMARTS) is 1. The Labute approximate surface area is 157 Å². The number of carboxylic acids is 1. The summed E-state index contributed by atoms with van der Waals surface area (Å²) in [4.78, 5) is 48.8. The number of aromatic amines is 1. The van der Waals surface area contributed by atoms with Crippen molar-refractivity contribution >= 4 is 13.7 Å². The number of aromatic nitrogens is 2. The van der Waals surface area contributed by atoms with Crippen LogP contribution in [-0.2, 0) is 18.6 Å². The number of hydrogen-bond acceptors (Lipinski definition) is 7. The highest BCUT2D eigenvalue weighted by Gasteiger charge is 2.38. The highest BCUT2D eigenvalue weighted by Crippen LogP contribution is 2.40. The molecular weight excluding hydrogens is 399 g/mol. The number of rotatable bonds is 8. The van der Waals surface area contributed by atoms with Crippen LogP contribution in [0.15, 0.2) is 20.9 Å². The van der Waals surface area contributed by atoms with Gasteiger partial charge >= 0.3 is 19.4 Å². The van der Waals surface area contributed by atoms with Crippen LogP contribution < -0.4 is 16.3 Å². The molecular formula is C13H19N6O8P. The molecule has 15 heteroatoms. The van der Waals surface area contributed by atoms with E-state index in [1.54, 1.807) is 0 Å². The van der Waals surface area contributed by atoms with Gasteiger partial charge in [-0.3, -0.25) is 23.7 Å². The summed E-state index contributed by atoms with van der Waals surface area (Å²) in [6, 6.07) is -2.17. The molecule has 0 bridgehead atoms. The Kier molecular flexibility index (Phi) is 6.77. The van der Waals surface area contributed by atoms with Crippen LogP contribution in [0.5, 0.6) is 0 Å². The number of H-pyrrole nitrogens is 1. The molecule has 0 amide bonds. The van der Waals surface area contributed by atoms with E-state index in [1.165, 1.54) is 13.1 Å². The Bertz CT molecular complexity index is 953. The van der Waals surface area contributed by atoms with Gasteiger partial charge in [0.25, 0.3) is 5.56 Å². The van der Waals surface area contributed by atoms with Crippen LogP contribution in [0.4, 0.5) is 0 Å². The van der Waals surface area contributed by atoms with Gasteiger partial charge in [0.05, 0.1) is 18.8 Å². The quantitative estimate of drug-likeness (QED) is 0.193. The first kappa shape index (κ1) is 21.8. The van der Waals surface area contributed by atoms with Crippen LogP contribution in [0, 0.1) is 6.92 Å². The van der Waals surface area contributed by atoms with Crippen LogP contribution in [-0.4, -0.2) is 50.3 Å². The second-order valence-corrected chi connectivity index (χ2v) is 7.68. The molecule has 1 aliphatic rings. The van der Waals surface area contributed by atoms with Crippen LogP contribution >= 0.6 is 7.75 Å². The smallest absolute Gasteiger partial charge is 0.403 e. The fraction of sp³-hybridized carbons (Fsp3) is 0.615. The van der Waals surface area contributed by atoms with Gasteiger partial charge in [-0.05, 0) is 19.4 Å². The molecule has 1 saturated heterocycles. The van der Waals surface area contributed by atoms with Crippen molar-refractivity contribution in [2.24, 2.45) is 5.11 Å². The van der Waals surface area contributed by atoms with Gasteiger partial charge in [0.1, 0.15) is 12.3 Å². The summed E-state index contributed by atoms with van der Waals surface area (Å²) in [7, 11) is -4.48. The molecule has 0 saturated carbocycles. The van der Waals surface area contributed by atoms with Crippen molar-refractivity contribution in [3.05, 3.63) is 43.0 Å². The lowest BCUT2D eigenvalue weighted by Crippen LogP contribution is -2.34. The number of nitrogens with one attached hydrogen (secondary N) is 2. The Morgan fingerprint density at radius 3 is 2.93 bits per heavy atom. The zero-order chi connectivity index (χ0) is 21.1. The Hall–Kier alpha value is -2.47. The van der Waals surface area contributed by atoms with E-state index in [2.05, 4.69) is 15.0 Å². The van der Waals surface area contributed by atoms with Gasteiger partial charge in [-0.1, -0.05) is 5.11 Å². The van der Waals surface area contributed by atoms with Gasteiger partial charge in [-0.2, -0.15) is 0 Å². The van der Waals surface area contributed by atoms with Gasteiger partial charge in [-0.25, -0.2) is 14.4 Å². The first-order valence-corrected chi connectivity index (χ1v) is 9.61. The largest absolute Gasteiger partial charge is 0.480 e. The second-order valence-electron chi connectivity index (χ2n) is 6.12. The summed E-state index contributed by atoms with van der Waals surface area (Å²) in [5.41, 5.74) is 7.69. The predicted molar refractivity (Wildman–Crippen MR) is 93.5 cm³/mol. The van der Waals surface area contributed by atoms with Crippen LogP contribution in [0.3, 0.4) is 0 Å². The zero-order valence-electron chi connectivity index (χ0n) is 14.9. The van der Waals surface area contributed by atoms with Gasteiger partial charge in [0, 0.05) is 23.1 Å². The molecule has 1 aromatic rings.